The standard InChI is InChI=1S/C24H20N2O3/c1-28-18-13-11-16(12-14-18)20-15-25-26-24(20)22(27)19-9-5-6-10-21(19)29-23(24)17-7-3-2-4-8-17/h2-14,20,23H,15H2,1H3. The molecule has 0 radical (unpaired) electrons. The summed E-state index contributed by atoms with van der Waals surface area (Å²) in [6.45, 7) is 0.437. The Hall–Kier alpha value is -3.47. The summed E-state index contributed by atoms with van der Waals surface area (Å²) in [6, 6.07) is 25.0. The first-order chi connectivity index (χ1) is 14.2. The largest absolute Gasteiger partial charge is 0.497 e. The number of azo groups is 1. The number of para-hydroxylation sites is 1. The molecule has 5 heteroatoms. The van der Waals surface area contributed by atoms with Crippen LogP contribution in [-0.2, 0) is 0 Å². The fourth-order valence-corrected chi connectivity index (χ4v) is 4.34. The highest BCUT2D eigenvalue weighted by Crippen LogP contribution is 2.52. The monoisotopic (exact) mass is 384 g/mol. The van der Waals surface area contributed by atoms with Crippen molar-refractivity contribution in [3.8, 4) is 11.5 Å². The Morgan fingerprint density at radius 3 is 2.41 bits per heavy atom. The van der Waals surface area contributed by atoms with Gasteiger partial charge in [-0.3, -0.25) is 4.79 Å². The fourth-order valence-electron chi connectivity index (χ4n) is 4.34. The van der Waals surface area contributed by atoms with Crippen LogP contribution < -0.4 is 9.47 Å². The number of ether oxygens (including phenoxy) is 2. The van der Waals surface area contributed by atoms with Crippen LogP contribution in [0.5, 0.6) is 11.5 Å². The Morgan fingerprint density at radius 1 is 0.931 bits per heavy atom. The summed E-state index contributed by atoms with van der Waals surface area (Å²) in [5.41, 5.74) is 1.33. The van der Waals surface area contributed by atoms with Crippen molar-refractivity contribution in [3.05, 3.63) is 95.6 Å². The van der Waals surface area contributed by atoms with Gasteiger partial charge in [0.1, 0.15) is 11.5 Å². The van der Waals surface area contributed by atoms with Crippen molar-refractivity contribution in [1.29, 1.82) is 0 Å². The average molecular weight is 384 g/mol. The maximum absolute atomic E-state index is 13.9. The van der Waals surface area contributed by atoms with Crippen LogP contribution in [0.1, 0.15) is 33.5 Å². The zero-order valence-corrected chi connectivity index (χ0v) is 16.0. The molecule has 2 heterocycles. The van der Waals surface area contributed by atoms with Crippen molar-refractivity contribution in [2.75, 3.05) is 13.7 Å². The Morgan fingerprint density at radius 2 is 1.66 bits per heavy atom. The summed E-state index contributed by atoms with van der Waals surface area (Å²) in [7, 11) is 1.64. The third-order valence-electron chi connectivity index (χ3n) is 5.79. The SMILES string of the molecule is COc1ccc(C2CN=NC23C(=O)c2ccccc2OC3c2ccccc2)cc1. The second-order valence-corrected chi connectivity index (χ2v) is 7.31. The zero-order chi connectivity index (χ0) is 19.8. The number of fused-ring (bicyclic) bond motifs is 1. The van der Waals surface area contributed by atoms with Gasteiger partial charge in [-0.05, 0) is 35.4 Å². The molecule has 5 rings (SSSR count). The van der Waals surface area contributed by atoms with Crippen LogP contribution in [0.2, 0.25) is 0 Å². The highest BCUT2D eigenvalue weighted by Gasteiger charge is 2.60. The summed E-state index contributed by atoms with van der Waals surface area (Å²) >= 11 is 0. The molecule has 3 atom stereocenters. The van der Waals surface area contributed by atoms with Gasteiger partial charge < -0.3 is 9.47 Å². The number of hydrogen-bond acceptors (Lipinski definition) is 5. The Labute approximate surface area is 169 Å². The molecule has 0 fully saturated rings. The van der Waals surface area contributed by atoms with Gasteiger partial charge in [0.2, 0.25) is 5.78 Å². The van der Waals surface area contributed by atoms with E-state index in [-0.39, 0.29) is 11.7 Å². The number of carbonyl (C=O) groups is 1. The van der Waals surface area contributed by atoms with Crippen LogP contribution in [0.15, 0.2) is 89.1 Å². The first-order valence-electron chi connectivity index (χ1n) is 9.62. The molecule has 1 spiro atoms. The van der Waals surface area contributed by atoms with Crippen LogP contribution in [0.4, 0.5) is 0 Å². The summed E-state index contributed by atoms with van der Waals surface area (Å²) in [6.07, 6.45) is -0.551. The zero-order valence-electron chi connectivity index (χ0n) is 16.0. The molecule has 2 aliphatic heterocycles. The molecular formula is C24H20N2O3. The molecule has 0 amide bonds. The van der Waals surface area contributed by atoms with Crippen molar-refractivity contribution in [1.82, 2.24) is 0 Å². The second-order valence-electron chi connectivity index (χ2n) is 7.31. The van der Waals surface area contributed by atoms with E-state index in [0.717, 1.165) is 16.9 Å². The topological polar surface area (TPSA) is 60.2 Å². The van der Waals surface area contributed by atoms with Crippen LogP contribution in [0, 0.1) is 0 Å². The maximum Gasteiger partial charge on any atom is 0.200 e. The average Bonchev–Trinajstić information content (AvgIpc) is 3.22. The molecule has 0 saturated heterocycles. The predicted octanol–water partition coefficient (Wildman–Crippen LogP) is 5.00. The molecule has 3 unspecified atom stereocenters. The highest BCUT2D eigenvalue weighted by molar-refractivity contribution is 6.08. The van der Waals surface area contributed by atoms with Gasteiger partial charge in [-0.15, -0.1) is 0 Å². The second kappa shape index (κ2) is 6.85. The Balaban J connectivity index is 1.69. The predicted molar refractivity (Wildman–Crippen MR) is 109 cm³/mol. The van der Waals surface area contributed by atoms with E-state index in [1.807, 2.05) is 72.8 Å². The number of Topliss-reactive ketones (excluding diaryl/α,β-unsaturated/α-hetero) is 1. The molecule has 0 saturated carbocycles. The summed E-state index contributed by atoms with van der Waals surface area (Å²) in [4.78, 5) is 13.9. The van der Waals surface area contributed by atoms with Crippen molar-refractivity contribution in [2.24, 2.45) is 10.2 Å². The van der Waals surface area contributed by atoms with Crippen LogP contribution in [0.25, 0.3) is 0 Å². The molecular weight excluding hydrogens is 364 g/mol. The normalized spacial score (nSPS) is 24.9. The first-order valence-corrected chi connectivity index (χ1v) is 9.62. The van der Waals surface area contributed by atoms with Gasteiger partial charge in [0, 0.05) is 5.92 Å². The van der Waals surface area contributed by atoms with Crippen LogP contribution in [-0.4, -0.2) is 25.0 Å². The lowest BCUT2D eigenvalue weighted by Gasteiger charge is -2.41. The van der Waals surface area contributed by atoms with Gasteiger partial charge >= 0.3 is 0 Å². The van der Waals surface area contributed by atoms with E-state index in [2.05, 4.69) is 10.2 Å². The summed E-state index contributed by atoms with van der Waals surface area (Å²) in [5, 5.41) is 8.94. The van der Waals surface area contributed by atoms with Crippen molar-refractivity contribution in [2.45, 2.75) is 17.6 Å². The van der Waals surface area contributed by atoms with Crippen molar-refractivity contribution >= 4 is 5.78 Å². The number of rotatable bonds is 3. The Kier molecular flexibility index (Phi) is 4.16. The summed E-state index contributed by atoms with van der Waals surface area (Å²) in [5.74, 6) is 1.09. The minimum absolute atomic E-state index is 0.0460. The first kappa shape index (κ1) is 17.6. The lowest BCUT2D eigenvalue weighted by molar-refractivity contribution is 0.0521. The third kappa shape index (κ3) is 2.65. The van der Waals surface area contributed by atoms with Gasteiger partial charge in [-0.2, -0.15) is 10.2 Å². The van der Waals surface area contributed by atoms with Crippen LogP contribution >= 0.6 is 0 Å². The minimum atomic E-state index is -1.13. The number of benzene rings is 3. The van der Waals surface area contributed by atoms with Gasteiger partial charge in [0.25, 0.3) is 0 Å². The highest BCUT2D eigenvalue weighted by atomic mass is 16.5. The lowest BCUT2D eigenvalue weighted by atomic mass is 9.69. The number of carbonyl (C=O) groups excluding carboxylic acids is 1. The number of methoxy groups -OCH3 is 1. The van der Waals surface area contributed by atoms with E-state index in [1.165, 1.54) is 0 Å². The summed E-state index contributed by atoms with van der Waals surface area (Å²) < 4.78 is 11.7. The van der Waals surface area contributed by atoms with Gasteiger partial charge in [-0.1, -0.05) is 54.6 Å². The molecule has 29 heavy (non-hydrogen) atoms. The molecule has 3 aromatic carbocycles. The van der Waals surface area contributed by atoms with Crippen LogP contribution in [0.3, 0.4) is 0 Å². The maximum atomic E-state index is 13.9. The molecule has 0 bridgehead atoms. The van der Waals surface area contributed by atoms with E-state index in [4.69, 9.17) is 9.47 Å². The van der Waals surface area contributed by atoms with Crippen molar-refractivity contribution < 1.29 is 14.3 Å². The fraction of sp³-hybridized carbons (Fsp3) is 0.208. The van der Waals surface area contributed by atoms with E-state index < -0.39 is 11.6 Å². The minimum Gasteiger partial charge on any atom is -0.497 e. The Bertz CT molecular complexity index is 1080. The smallest absolute Gasteiger partial charge is 0.200 e. The molecule has 144 valence electrons. The lowest BCUT2D eigenvalue weighted by Crippen LogP contribution is -2.51. The van der Waals surface area contributed by atoms with E-state index >= 15 is 0 Å². The quantitative estimate of drug-likeness (QED) is 0.638. The van der Waals surface area contributed by atoms with E-state index in [1.54, 1.807) is 13.2 Å². The molecule has 0 aromatic heterocycles. The molecule has 0 aliphatic carbocycles. The molecule has 0 N–H and O–H groups in total. The third-order valence-corrected chi connectivity index (χ3v) is 5.79. The number of ketones is 1. The molecule has 2 aliphatic rings. The number of nitrogens with zero attached hydrogens (tertiary/aromatic N) is 2. The van der Waals surface area contributed by atoms with Gasteiger partial charge in [0.15, 0.2) is 11.6 Å². The van der Waals surface area contributed by atoms with E-state index in [9.17, 15) is 4.79 Å². The van der Waals surface area contributed by atoms with Gasteiger partial charge in [-0.25, -0.2) is 0 Å². The van der Waals surface area contributed by atoms with E-state index in [0.29, 0.717) is 17.9 Å². The molecule has 3 aromatic rings. The van der Waals surface area contributed by atoms with Crippen molar-refractivity contribution in [3.63, 3.8) is 0 Å². The number of hydrogen-bond donors (Lipinski definition) is 0. The van der Waals surface area contributed by atoms with Gasteiger partial charge in [0.05, 0.1) is 19.2 Å². The molecule has 5 nitrogen and oxygen atoms in total.